The van der Waals surface area contributed by atoms with Crippen molar-refractivity contribution in [2.45, 2.75) is 6.54 Å². The Balaban J connectivity index is 2.08. The highest BCUT2D eigenvalue weighted by molar-refractivity contribution is 6.35. The monoisotopic (exact) mass is 296 g/mol. The highest BCUT2D eigenvalue weighted by atomic mass is 35.5. The second-order valence-electron chi connectivity index (χ2n) is 4.05. The Morgan fingerprint density at radius 2 is 1.95 bits per heavy atom. The van der Waals surface area contributed by atoms with Crippen molar-refractivity contribution >= 4 is 34.6 Å². The Hall–Kier alpha value is -1.58. The molecule has 0 unspecified atom stereocenters. The second kappa shape index (κ2) is 6.04. The zero-order valence-electron chi connectivity index (χ0n) is 10.4. The van der Waals surface area contributed by atoms with Crippen molar-refractivity contribution in [2.75, 3.05) is 18.2 Å². The standard InChI is InChI=1S/C14H14Cl2N2O/c1-19-14-5-4-11(7-13(14)17)18-8-9-2-3-10(15)6-12(9)16/h2-7,18H,8,17H2,1H3. The van der Waals surface area contributed by atoms with Gasteiger partial charge in [0.2, 0.25) is 0 Å². The van der Waals surface area contributed by atoms with E-state index in [-0.39, 0.29) is 0 Å². The number of anilines is 2. The normalized spacial score (nSPS) is 10.3. The van der Waals surface area contributed by atoms with Gasteiger partial charge in [-0.2, -0.15) is 0 Å². The minimum Gasteiger partial charge on any atom is -0.495 e. The van der Waals surface area contributed by atoms with Gasteiger partial charge in [0.1, 0.15) is 5.75 Å². The van der Waals surface area contributed by atoms with E-state index in [1.807, 2.05) is 30.3 Å². The highest BCUT2D eigenvalue weighted by Gasteiger charge is 2.03. The molecule has 2 aromatic carbocycles. The van der Waals surface area contributed by atoms with Crippen LogP contribution in [0.5, 0.6) is 5.75 Å². The number of rotatable bonds is 4. The summed E-state index contributed by atoms with van der Waals surface area (Å²) in [6.45, 7) is 0.599. The van der Waals surface area contributed by atoms with Gasteiger partial charge in [-0.05, 0) is 35.9 Å². The lowest BCUT2D eigenvalue weighted by Gasteiger charge is -2.10. The fourth-order valence-corrected chi connectivity index (χ4v) is 2.18. The summed E-state index contributed by atoms with van der Waals surface area (Å²) in [6, 6.07) is 11.0. The van der Waals surface area contributed by atoms with Crippen LogP contribution in [0.1, 0.15) is 5.56 Å². The molecule has 3 N–H and O–H groups in total. The lowest BCUT2D eigenvalue weighted by atomic mass is 10.2. The van der Waals surface area contributed by atoms with Crippen LogP contribution in [0.4, 0.5) is 11.4 Å². The minimum absolute atomic E-state index is 0.592. The third kappa shape index (κ3) is 3.46. The maximum atomic E-state index is 6.11. The van der Waals surface area contributed by atoms with Crippen LogP contribution in [0.3, 0.4) is 0 Å². The molecule has 19 heavy (non-hydrogen) atoms. The Morgan fingerprint density at radius 3 is 2.58 bits per heavy atom. The fourth-order valence-electron chi connectivity index (χ4n) is 1.71. The van der Waals surface area contributed by atoms with Crippen molar-refractivity contribution in [2.24, 2.45) is 0 Å². The highest BCUT2D eigenvalue weighted by Crippen LogP contribution is 2.26. The van der Waals surface area contributed by atoms with Crippen molar-refractivity contribution < 1.29 is 4.74 Å². The molecule has 0 spiro atoms. The van der Waals surface area contributed by atoms with Crippen LogP contribution in [-0.2, 0) is 6.54 Å². The van der Waals surface area contributed by atoms with E-state index in [0.29, 0.717) is 28.0 Å². The number of halogens is 2. The summed E-state index contributed by atoms with van der Waals surface area (Å²) in [5, 5.41) is 4.52. The van der Waals surface area contributed by atoms with Gasteiger partial charge < -0.3 is 15.8 Å². The molecule has 0 fully saturated rings. The van der Waals surface area contributed by atoms with Crippen LogP contribution in [0.25, 0.3) is 0 Å². The molecule has 100 valence electrons. The summed E-state index contributed by atoms with van der Waals surface area (Å²) >= 11 is 12.0. The lowest BCUT2D eigenvalue weighted by Crippen LogP contribution is -2.01. The van der Waals surface area contributed by atoms with E-state index >= 15 is 0 Å². The molecule has 0 atom stereocenters. The largest absolute Gasteiger partial charge is 0.495 e. The van der Waals surface area contributed by atoms with Crippen LogP contribution in [0.15, 0.2) is 36.4 Å². The first kappa shape index (κ1) is 13.8. The molecule has 0 aliphatic carbocycles. The Labute approximate surface area is 122 Å². The molecule has 0 saturated carbocycles. The van der Waals surface area contributed by atoms with E-state index in [4.69, 9.17) is 33.7 Å². The molecule has 0 bridgehead atoms. The molecule has 3 nitrogen and oxygen atoms in total. The van der Waals surface area contributed by atoms with Gasteiger partial charge in [0, 0.05) is 22.3 Å². The summed E-state index contributed by atoms with van der Waals surface area (Å²) in [6.07, 6.45) is 0. The van der Waals surface area contributed by atoms with Crippen molar-refractivity contribution in [1.82, 2.24) is 0 Å². The summed E-state index contributed by atoms with van der Waals surface area (Å²) in [4.78, 5) is 0. The number of ether oxygens (including phenoxy) is 1. The molecule has 0 aliphatic heterocycles. The van der Waals surface area contributed by atoms with E-state index in [1.54, 1.807) is 13.2 Å². The van der Waals surface area contributed by atoms with Gasteiger partial charge in [-0.3, -0.25) is 0 Å². The van der Waals surface area contributed by atoms with Gasteiger partial charge in [0.15, 0.2) is 0 Å². The summed E-state index contributed by atoms with van der Waals surface area (Å²) in [5.74, 6) is 0.662. The third-order valence-electron chi connectivity index (χ3n) is 2.73. The quantitative estimate of drug-likeness (QED) is 0.832. The molecule has 0 saturated heterocycles. The average molecular weight is 297 g/mol. The van der Waals surface area contributed by atoms with Crippen LogP contribution in [0.2, 0.25) is 10.0 Å². The van der Waals surface area contributed by atoms with E-state index in [9.17, 15) is 0 Å². The van der Waals surface area contributed by atoms with Crippen LogP contribution in [-0.4, -0.2) is 7.11 Å². The molecule has 0 heterocycles. The number of hydrogen-bond acceptors (Lipinski definition) is 3. The second-order valence-corrected chi connectivity index (χ2v) is 4.89. The van der Waals surface area contributed by atoms with E-state index in [2.05, 4.69) is 5.32 Å². The Kier molecular flexibility index (Phi) is 4.40. The number of methoxy groups -OCH3 is 1. The molecule has 0 amide bonds. The first-order valence-electron chi connectivity index (χ1n) is 5.71. The Bertz CT molecular complexity index is 588. The molecule has 5 heteroatoms. The molecular formula is C14H14Cl2N2O. The fraction of sp³-hybridized carbons (Fsp3) is 0.143. The maximum Gasteiger partial charge on any atom is 0.141 e. The van der Waals surface area contributed by atoms with E-state index < -0.39 is 0 Å². The zero-order chi connectivity index (χ0) is 13.8. The van der Waals surface area contributed by atoms with Crippen LogP contribution >= 0.6 is 23.2 Å². The van der Waals surface area contributed by atoms with Crippen molar-refractivity contribution in [3.63, 3.8) is 0 Å². The lowest BCUT2D eigenvalue weighted by molar-refractivity contribution is 0.417. The summed E-state index contributed by atoms with van der Waals surface area (Å²) < 4.78 is 5.11. The van der Waals surface area contributed by atoms with Crippen molar-refractivity contribution in [3.8, 4) is 5.75 Å². The molecule has 0 aliphatic rings. The van der Waals surface area contributed by atoms with Gasteiger partial charge in [0.25, 0.3) is 0 Å². The number of benzene rings is 2. The number of hydrogen-bond donors (Lipinski definition) is 2. The number of nitrogens with two attached hydrogens (primary N) is 1. The minimum atomic E-state index is 0.592. The smallest absolute Gasteiger partial charge is 0.141 e. The summed E-state index contributed by atoms with van der Waals surface area (Å²) in [5.41, 5.74) is 8.31. The van der Waals surface area contributed by atoms with Crippen LogP contribution < -0.4 is 15.8 Å². The van der Waals surface area contributed by atoms with Gasteiger partial charge >= 0.3 is 0 Å². The topological polar surface area (TPSA) is 47.3 Å². The molecule has 0 aromatic heterocycles. The number of nitrogens with one attached hydrogen (secondary N) is 1. The van der Waals surface area contributed by atoms with E-state index in [1.165, 1.54) is 0 Å². The van der Waals surface area contributed by atoms with Gasteiger partial charge in [-0.25, -0.2) is 0 Å². The molecule has 2 aromatic rings. The predicted molar refractivity (Wildman–Crippen MR) is 81.2 cm³/mol. The van der Waals surface area contributed by atoms with Crippen molar-refractivity contribution in [3.05, 3.63) is 52.0 Å². The van der Waals surface area contributed by atoms with E-state index in [0.717, 1.165) is 11.3 Å². The zero-order valence-corrected chi connectivity index (χ0v) is 11.9. The van der Waals surface area contributed by atoms with Crippen LogP contribution in [0, 0.1) is 0 Å². The number of nitrogen functional groups attached to an aromatic ring is 1. The molecular weight excluding hydrogens is 283 g/mol. The summed E-state index contributed by atoms with van der Waals surface area (Å²) in [7, 11) is 1.59. The average Bonchev–Trinajstić information content (AvgIpc) is 2.38. The van der Waals surface area contributed by atoms with Gasteiger partial charge in [-0.15, -0.1) is 0 Å². The first-order valence-corrected chi connectivity index (χ1v) is 6.47. The van der Waals surface area contributed by atoms with Gasteiger partial charge in [-0.1, -0.05) is 29.3 Å². The van der Waals surface area contributed by atoms with Gasteiger partial charge in [0.05, 0.1) is 12.8 Å². The SMILES string of the molecule is COc1ccc(NCc2ccc(Cl)cc2Cl)cc1N. The third-order valence-corrected chi connectivity index (χ3v) is 3.31. The van der Waals surface area contributed by atoms with Crippen molar-refractivity contribution in [1.29, 1.82) is 0 Å². The first-order chi connectivity index (χ1) is 9.10. The molecule has 2 rings (SSSR count). The molecule has 0 radical (unpaired) electrons. The maximum absolute atomic E-state index is 6.11. The predicted octanol–water partition coefficient (Wildman–Crippen LogP) is 4.20. The Morgan fingerprint density at radius 1 is 1.16 bits per heavy atom.